The molecule has 0 aliphatic carbocycles. The maximum atomic E-state index is 11.5. The summed E-state index contributed by atoms with van der Waals surface area (Å²) in [6, 6.07) is -0.817. The van der Waals surface area contributed by atoms with Gasteiger partial charge in [-0.05, 0) is 19.8 Å². The number of ether oxygens (including phenoxy) is 1. The van der Waals surface area contributed by atoms with Gasteiger partial charge in [-0.1, -0.05) is 13.8 Å². The minimum absolute atomic E-state index is 0.147. The molecule has 0 heterocycles. The minimum Gasteiger partial charge on any atom is -0.468 e. The van der Waals surface area contributed by atoms with E-state index < -0.39 is 27.3 Å². The largest absolute Gasteiger partial charge is 0.468 e. The Hall–Kier alpha value is -0.620. The number of nitrogens with one attached hydrogen (secondary N) is 1. The van der Waals surface area contributed by atoms with Crippen molar-refractivity contribution in [3.63, 3.8) is 0 Å². The first kappa shape index (κ1) is 14.4. The van der Waals surface area contributed by atoms with E-state index in [0.717, 1.165) is 0 Å². The number of hydrogen-bond acceptors (Lipinski definition) is 4. The summed E-state index contributed by atoms with van der Waals surface area (Å²) in [5.74, 6) is -0.708. The van der Waals surface area contributed by atoms with Crippen LogP contribution < -0.4 is 4.72 Å². The summed E-state index contributed by atoms with van der Waals surface area (Å²) >= 11 is 0. The van der Waals surface area contributed by atoms with Crippen LogP contribution in [-0.4, -0.2) is 32.8 Å². The quantitative estimate of drug-likeness (QED) is 0.707. The van der Waals surface area contributed by atoms with E-state index in [1.165, 1.54) is 7.11 Å². The van der Waals surface area contributed by atoms with Gasteiger partial charge < -0.3 is 4.74 Å². The highest BCUT2D eigenvalue weighted by Gasteiger charge is 2.29. The molecule has 0 aromatic heterocycles. The summed E-state index contributed by atoms with van der Waals surface area (Å²) in [6.07, 6.45) is 0. The number of methoxy groups -OCH3 is 1. The van der Waals surface area contributed by atoms with Gasteiger partial charge in [0.25, 0.3) is 0 Å². The summed E-state index contributed by atoms with van der Waals surface area (Å²) in [4.78, 5) is 11.3. The molecule has 5 nitrogen and oxygen atoms in total. The van der Waals surface area contributed by atoms with Gasteiger partial charge in [-0.25, -0.2) is 13.1 Å². The van der Waals surface area contributed by atoms with Gasteiger partial charge in [-0.2, -0.15) is 0 Å². The highest BCUT2D eigenvalue weighted by Crippen LogP contribution is 2.07. The average Bonchev–Trinajstić information content (AvgIpc) is 2.12. The lowest BCUT2D eigenvalue weighted by Gasteiger charge is -2.20. The van der Waals surface area contributed by atoms with Crippen LogP contribution in [-0.2, 0) is 19.6 Å². The molecule has 0 aromatic rings. The first-order valence-corrected chi connectivity index (χ1v) is 6.36. The normalized spacial score (nSPS) is 14.3. The van der Waals surface area contributed by atoms with Gasteiger partial charge in [0.2, 0.25) is 10.0 Å². The number of esters is 1. The maximum Gasteiger partial charge on any atom is 0.324 e. The van der Waals surface area contributed by atoms with Crippen LogP contribution in [0.25, 0.3) is 0 Å². The third kappa shape index (κ3) is 4.17. The smallest absolute Gasteiger partial charge is 0.324 e. The Morgan fingerprint density at radius 2 is 1.67 bits per heavy atom. The predicted molar refractivity (Wildman–Crippen MR) is 57.8 cm³/mol. The van der Waals surface area contributed by atoms with Crippen LogP contribution in [0.4, 0.5) is 0 Å². The lowest BCUT2D eigenvalue weighted by molar-refractivity contribution is -0.143. The van der Waals surface area contributed by atoms with Crippen molar-refractivity contribution in [2.45, 2.75) is 39.0 Å². The molecule has 1 atom stereocenters. The lowest BCUT2D eigenvalue weighted by atomic mass is 10.1. The molecule has 0 saturated heterocycles. The van der Waals surface area contributed by atoms with Crippen LogP contribution in [0.15, 0.2) is 0 Å². The molecule has 0 fully saturated rings. The zero-order valence-corrected chi connectivity index (χ0v) is 10.6. The van der Waals surface area contributed by atoms with Crippen molar-refractivity contribution in [2.75, 3.05) is 7.11 Å². The van der Waals surface area contributed by atoms with E-state index in [-0.39, 0.29) is 5.92 Å². The van der Waals surface area contributed by atoms with E-state index >= 15 is 0 Å². The SMILES string of the molecule is COC(=O)[C@@H](NS(=O)(=O)C(C)C)C(C)C. The van der Waals surface area contributed by atoms with E-state index in [4.69, 9.17) is 0 Å². The van der Waals surface area contributed by atoms with Crippen LogP contribution >= 0.6 is 0 Å². The lowest BCUT2D eigenvalue weighted by Crippen LogP contribution is -2.47. The fourth-order valence-corrected chi connectivity index (χ4v) is 1.89. The second-order valence-corrected chi connectivity index (χ2v) is 6.22. The van der Waals surface area contributed by atoms with Crippen LogP contribution in [0.3, 0.4) is 0 Å². The third-order valence-electron chi connectivity index (χ3n) is 2.03. The number of carbonyl (C=O) groups excluding carboxylic acids is 1. The molecule has 0 aliphatic rings. The Bertz CT molecular complexity index is 308. The molecule has 0 unspecified atom stereocenters. The van der Waals surface area contributed by atoms with Gasteiger partial charge in [0.1, 0.15) is 6.04 Å². The molecule has 90 valence electrons. The first-order valence-electron chi connectivity index (χ1n) is 4.81. The fraction of sp³-hybridized carbons (Fsp3) is 0.889. The number of hydrogen-bond donors (Lipinski definition) is 1. The molecular formula is C9H19NO4S. The molecule has 0 spiro atoms. The second kappa shape index (κ2) is 5.46. The molecule has 0 rings (SSSR count). The molecule has 15 heavy (non-hydrogen) atoms. The Balaban J connectivity index is 4.78. The van der Waals surface area contributed by atoms with Gasteiger partial charge in [0.15, 0.2) is 0 Å². The molecule has 0 bridgehead atoms. The number of sulfonamides is 1. The van der Waals surface area contributed by atoms with Crippen LogP contribution in [0, 0.1) is 5.92 Å². The summed E-state index contributed by atoms with van der Waals surface area (Å²) in [5.41, 5.74) is 0. The van der Waals surface area contributed by atoms with Crippen LogP contribution in [0.2, 0.25) is 0 Å². The van der Waals surface area contributed by atoms with Crippen LogP contribution in [0.1, 0.15) is 27.7 Å². The van der Waals surface area contributed by atoms with E-state index in [0.29, 0.717) is 0 Å². The van der Waals surface area contributed by atoms with Crippen molar-refractivity contribution >= 4 is 16.0 Å². The van der Waals surface area contributed by atoms with E-state index in [9.17, 15) is 13.2 Å². The molecular weight excluding hydrogens is 218 g/mol. The number of rotatable bonds is 5. The Kier molecular flexibility index (Phi) is 5.23. The van der Waals surface area contributed by atoms with Gasteiger partial charge in [-0.15, -0.1) is 0 Å². The average molecular weight is 237 g/mol. The molecule has 1 N–H and O–H groups in total. The summed E-state index contributed by atoms with van der Waals surface area (Å²) < 4.78 is 30.0. The Morgan fingerprint density at radius 1 is 1.20 bits per heavy atom. The maximum absolute atomic E-state index is 11.5. The highest BCUT2D eigenvalue weighted by atomic mass is 32.2. The van der Waals surface area contributed by atoms with Crippen molar-refractivity contribution in [3.05, 3.63) is 0 Å². The van der Waals surface area contributed by atoms with E-state index in [1.54, 1.807) is 27.7 Å². The monoisotopic (exact) mass is 237 g/mol. The number of carbonyl (C=O) groups is 1. The fourth-order valence-electron chi connectivity index (χ4n) is 0.896. The minimum atomic E-state index is -3.45. The molecule has 6 heteroatoms. The summed E-state index contributed by atoms with van der Waals surface area (Å²) in [6.45, 7) is 6.61. The van der Waals surface area contributed by atoms with Gasteiger partial charge in [0, 0.05) is 0 Å². The van der Waals surface area contributed by atoms with Crippen molar-refractivity contribution in [1.29, 1.82) is 0 Å². The Morgan fingerprint density at radius 3 is 1.93 bits per heavy atom. The highest BCUT2D eigenvalue weighted by molar-refractivity contribution is 7.90. The summed E-state index contributed by atoms with van der Waals surface area (Å²) in [7, 11) is -2.21. The molecule has 0 amide bonds. The van der Waals surface area contributed by atoms with Crippen molar-refractivity contribution in [3.8, 4) is 0 Å². The van der Waals surface area contributed by atoms with Crippen molar-refractivity contribution < 1.29 is 17.9 Å². The Labute approximate surface area is 91.2 Å². The van der Waals surface area contributed by atoms with Crippen molar-refractivity contribution in [2.24, 2.45) is 5.92 Å². The standard InChI is InChI=1S/C9H19NO4S/c1-6(2)8(9(11)14-5)10-15(12,13)7(3)4/h6-8,10H,1-5H3/t8-/m0/s1. The van der Waals surface area contributed by atoms with Gasteiger partial charge >= 0.3 is 5.97 Å². The summed E-state index contributed by atoms with van der Waals surface area (Å²) in [5, 5.41) is -0.566. The van der Waals surface area contributed by atoms with E-state index in [2.05, 4.69) is 9.46 Å². The molecule has 0 radical (unpaired) electrons. The van der Waals surface area contributed by atoms with Crippen LogP contribution in [0.5, 0.6) is 0 Å². The third-order valence-corrected chi connectivity index (χ3v) is 3.86. The molecule has 0 aromatic carbocycles. The van der Waals surface area contributed by atoms with Gasteiger partial charge in [-0.3, -0.25) is 4.79 Å². The van der Waals surface area contributed by atoms with Crippen molar-refractivity contribution in [1.82, 2.24) is 4.72 Å². The zero-order valence-electron chi connectivity index (χ0n) is 9.77. The predicted octanol–water partition coefficient (Wildman–Crippen LogP) is 0.512. The second-order valence-electron chi connectivity index (χ2n) is 3.96. The zero-order chi connectivity index (χ0) is 12.2. The molecule has 0 saturated carbocycles. The van der Waals surface area contributed by atoms with E-state index in [1.807, 2.05) is 0 Å². The first-order chi connectivity index (χ1) is 6.72. The molecule has 0 aliphatic heterocycles. The topological polar surface area (TPSA) is 72.5 Å². The van der Waals surface area contributed by atoms with Gasteiger partial charge in [0.05, 0.1) is 12.4 Å².